The highest BCUT2D eigenvalue weighted by molar-refractivity contribution is 5.81. The van der Waals surface area contributed by atoms with Gasteiger partial charge >= 0.3 is 0 Å². The number of benzene rings is 1. The fourth-order valence-corrected chi connectivity index (χ4v) is 1.83. The Morgan fingerprint density at radius 1 is 1.47 bits per heavy atom. The Morgan fingerprint density at radius 2 is 2.27 bits per heavy atom. The maximum Gasteiger partial charge on any atom is 0.274 e. The molecule has 2 aromatic rings. The number of aromatic nitrogens is 2. The van der Waals surface area contributed by atoms with E-state index in [4.69, 9.17) is 5.73 Å². The average Bonchev–Trinajstić information content (AvgIpc) is 2.58. The van der Waals surface area contributed by atoms with Crippen molar-refractivity contribution in [2.45, 2.75) is 19.9 Å². The number of nitrogens with two attached hydrogens (primary N) is 1. The molecular weight excluding hydrogens is 190 g/mol. The summed E-state index contributed by atoms with van der Waals surface area (Å²) in [7, 11) is 0. The minimum absolute atomic E-state index is 0.0476. The summed E-state index contributed by atoms with van der Waals surface area (Å²) in [5, 5.41) is 3.87. The normalized spacial score (nSPS) is 11.1. The summed E-state index contributed by atoms with van der Waals surface area (Å²) in [6.45, 7) is 3.20. The number of rotatable bonds is 3. The van der Waals surface area contributed by atoms with Crippen LogP contribution in [0.25, 0.3) is 10.9 Å². The molecular formula is C11H15N3O. The quantitative estimate of drug-likeness (QED) is 0.780. The number of hydrogen-bond donors (Lipinski definition) is 2. The van der Waals surface area contributed by atoms with E-state index in [1.165, 1.54) is 0 Å². The molecule has 0 fully saturated rings. The lowest BCUT2D eigenvalue weighted by atomic mass is 10.1. The Balaban J connectivity index is 2.70. The number of aryl methyl sites for hydroxylation is 1. The zero-order chi connectivity index (χ0) is 10.8. The van der Waals surface area contributed by atoms with Gasteiger partial charge < -0.3 is 5.73 Å². The third kappa shape index (κ3) is 1.57. The molecule has 0 aliphatic heterocycles. The lowest BCUT2D eigenvalue weighted by molar-refractivity contribution is 0.645. The van der Waals surface area contributed by atoms with Crippen molar-refractivity contribution < 1.29 is 0 Å². The third-order valence-corrected chi connectivity index (χ3v) is 2.60. The van der Waals surface area contributed by atoms with Crippen LogP contribution in [0.4, 0.5) is 0 Å². The first-order chi connectivity index (χ1) is 7.27. The summed E-state index contributed by atoms with van der Waals surface area (Å²) in [5.74, 6) is 0. The number of nitrogens with zero attached hydrogens (tertiary/aromatic N) is 1. The van der Waals surface area contributed by atoms with Gasteiger partial charge in [-0.1, -0.05) is 12.1 Å². The van der Waals surface area contributed by atoms with Crippen molar-refractivity contribution in [2.24, 2.45) is 5.73 Å². The van der Waals surface area contributed by atoms with Crippen molar-refractivity contribution >= 4 is 10.9 Å². The molecule has 1 heterocycles. The van der Waals surface area contributed by atoms with Crippen LogP contribution in [0.15, 0.2) is 23.0 Å². The van der Waals surface area contributed by atoms with Gasteiger partial charge in [0, 0.05) is 6.54 Å². The maximum absolute atomic E-state index is 11.8. The zero-order valence-electron chi connectivity index (χ0n) is 8.79. The second-order valence-corrected chi connectivity index (χ2v) is 3.54. The molecule has 2 rings (SSSR count). The van der Waals surface area contributed by atoms with Crippen molar-refractivity contribution in [3.8, 4) is 0 Å². The molecule has 0 aliphatic carbocycles. The largest absolute Gasteiger partial charge is 0.330 e. The molecule has 4 heteroatoms. The van der Waals surface area contributed by atoms with Crippen LogP contribution >= 0.6 is 0 Å². The maximum atomic E-state index is 11.8. The van der Waals surface area contributed by atoms with Gasteiger partial charge in [0.05, 0.1) is 10.9 Å². The fourth-order valence-electron chi connectivity index (χ4n) is 1.83. The van der Waals surface area contributed by atoms with Crippen LogP contribution in [0.1, 0.15) is 12.5 Å². The standard InChI is InChI=1S/C11H15N3O/c1-2-14-11(15)9-5-3-4-8(6-7-12)10(9)13-14/h3-5,13H,2,6-7,12H2,1H3. The van der Waals surface area contributed by atoms with Crippen molar-refractivity contribution in [1.29, 1.82) is 0 Å². The predicted octanol–water partition coefficient (Wildman–Crippen LogP) is 0.851. The molecule has 0 saturated carbocycles. The van der Waals surface area contributed by atoms with Crippen molar-refractivity contribution in [3.63, 3.8) is 0 Å². The van der Waals surface area contributed by atoms with Crippen LogP contribution in [0.5, 0.6) is 0 Å². The van der Waals surface area contributed by atoms with Gasteiger partial charge in [0.15, 0.2) is 0 Å². The van der Waals surface area contributed by atoms with E-state index in [1.54, 1.807) is 4.68 Å². The summed E-state index contributed by atoms with van der Waals surface area (Å²) >= 11 is 0. The first kappa shape index (κ1) is 9.98. The van der Waals surface area contributed by atoms with Crippen molar-refractivity contribution in [3.05, 3.63) is 34.1 Å². The minimum atomic E-state index is 0.0476. The van der Waals surface area contributed by atoms with Crippen LogP contribution in [0.2, 0.25) is 0 Å². The van der Waals surface area contributed by atoms with Gasteiger partial charge in [-0.2, -0.15) is 0 Å². The van der Waals surface area contributed by atoms with Crippen LogP contribution < -0.4 is 11.3 Å². The highest BCUT2D eigenvalue weighted by Crippen LogP contribution is 2.13. The van der Waals surface area contributed by atoms with Gasteiger partial charge in [-0.3, -0.25) is 14.6 Å². The van der Waals surface area contributed by atoms with Crippen LogP contribution in [0, 0.1) is 0 Å². The summed E-state index contributed by atoms with van der Waals surface area (Å²) in [6, 6.07) is 5.76. The molecule has 0 amide bonds. The van der Waals surface area contributed by atoms with Crippen LogP contribution in [-0.2, 0) is 13.0 Å². The average molecular weight is 205 g/mol. The molecule has 0 spiro atoms. The monoisotopic (exact) mass is 205 g/mol. The molecule has 0 radical (unpaired) electrons. The first-order valence-corrected chi connectivity index (χ1v) is 5.18. The lowest BCUT2D eigenvalue weighted by Gasteiger charge is -1.99. The van der Waals surface area contributed by atoms with Gasteiger partial charge in [0.2, 0.25) is 0 Å². The summed E-state index contributed by atoms with van der Waals surface area (Å²) in [5.41, 5.74) is 7.61. The van der Waals surface area contributed by atoms with Gasteiger partial charge in [-0.15, -0.1) is 0 Å². The third-order valence-electron chi connectivity index (χ3n) is 2.60. The molecule has 4 nitrogen and oxygen atoms in total. The number of aromatic amines is 1. The summed E-state index contributed by atoms with van der Waals surface area (Å²) in [6.07, 6.45) is 0.793. The molecule has 0 aliphatic rings. The Labute approximate surface area is 87.7 Å². The predicted molar refractivity (Wildman–Crippen MR) is 61.0 cm³/mol. The van der Waals surface area contributed by atoms with Gasteiger partial charge in [-0.05, 0) is 31.5 Å². The van der Waals surface area contributed by atoms with E-state index in [1.807, 2.05) is 25.1 Å². The molecule has 0 unspecified atom stereocenters. The number of H-pyrrole nitrogens is 1. The van der Waals surface area contributed by atoms with Gasteiger partial charge in [-0.25, -0.2) is 0 Å². The first-order valence-electron chi connectivity index (χ1n) is 5.18. The van der Waals surface area contributed by atoms with E-state index in [2.05, 4.69) is 5.10 Å². The molecule has 3 N–H and O–H groups in total. The second-order valence-electron chi connectivity index (χ2n) is 3.54. The number of nitrogens with one attached hydrogen (secondary N) is 1. The molecule has 1 aromatic carbocycles. The highest BCUT2D eigenvalue weighted by atomic mass is 16.1. The van der Waals surface area contributed by atoms with Crippen molar-refractivity contribution in [1.82, 2.24) is 9.78 Å². The van der Waals surface area contributed by atoms with E-state index < -0.39 is 0 Å². The lowest BCUT2D eigenvalue weighted by Crippen LogP contribution is -2.14. The van der Waals surface area contributed by atoms with Crippen LogP contribution in [0.3, 0.4) is 0 Å². The number of fused-ring (bicyclic) bond motifs is 1. The molecule has 0 bridgehead atoms. The topological polar surface area (TPSA) is 63.8 Å². The van der Waals surface area contributed by atoms with Crippen LogP contribution in [-0.4, -0.2) is 16.3 Å². The smallest absolute Gasteiger partial charge is 0.274 e. The van der Waals surface area contributed by atoms with E-state index in [0.29, 0.717) is 13.1 Å². The van der Waals surface area contributed by atoms with E-state index in [9.17, 15) is 4.79 Å². The number of hydrogen-bond acceptors (Lipinski definition) is 2. The summed E-state index contributed by atoms with van der Waals surface area (Å²) < 4.78 is 1.62. The van der Waals surface area contributed by atoms with E-state index in [-0.39, 0.29) is 5.56 Å². The second kappa shape index (κ2) is 3.90. The van der Waals surface area contributed by atoms with E-state index >= 15 is 0 Å². The van der Waals surface area contributed by atoms with E-state index in [0.717, 1.165) is 22.9 Å². The molecule has 1 aromatic heterocycles. The SMILES string of the molecule is CCn1[nH]c2c(CCN)cccc2c1=O. The minimum Gasteiger partial charge on any atom is -0.330 e. The molecule has 15 heavy (non-hydrogen) atoms. The molecule has 80 valence electrons. The fraction of sp³-hybridized carbons (Fsp3) is 0.364. The highest BCUT2D eigenvalue weighted by Gasteiger charge is 2.07. The Bertz CT molecular complexity index is 524. The van der Waals surface area contributed by atoms with Gasteiger partial charge in [0.25, 0.3) is 5.56 Å². The summed E-state index contributed by atoms with van der Waals surface area (Å²) in [4.78, 5) is 11.8. The Morgan fingerprint density at radius 3 is 2.93 bits per heavy atom. The Kier molecular flexibility index (Phi) is 2.60. The van der Waals surface area contributed by atoms with Gasteiger partial charge in [0.1, 0.15) is 0 Å². The van der Waals surface area contributed by atoms with Crippen molar-refractivity contribution in [2.75, 3.05) is 6.54 Å². The molecule has 0 atom stereocenters. The Hall–Kier alpha value is -1.55. The zero-order valence-corrected chi connectivity index (χ0v) is 8.79. The number of para-hydroxylation sites is 1. The molecule has 0 saturated heterocycles.